The minimum atomic E-state index is -1.08. The smallest absolute Gasteiger partial charge is 0.341 e. The summed E-state index contributed by atoms with van der Waals surface area (Å²) in [6, 6.07) is 12.2. The van der Waals surface area contributed by atoms with Crippen molar-refractivity contribution >= 4 is 16.9 Å². The molecule has 6 nitrogen and oxygen atoms in total. The number of aliphatic carboxylic acids is 1. The van der Waals surface area contributed by atoms with E-state index in [0.29, 0.717) is 22.5 Å². The predicted octanol–water partition coefficient (Wildman–Crippen LogP) is 4.74. The molecule has 2 aromatic carbocycles. The van der Waals surface area contributed by atoms with Crippen molar-refractivity contribution in [2.24, 2.45) is 0 Å². The second-order valence-electron chi connectivity index (χ2n) is 7.13. The minimum Gasteiger partial charge on any atom is -0.482 e. The molecule has 0 spiro atoms. The number of fused-ring (bicyclic) bond motifs is 1. The molecular weight excluding hydrogens is 360 g/mol. The molecule has 0 bridgehead atoms. The maximum Gasteiger partial charge on any atom is 0.341 e. The monoisotopic (exact) mass is 382 g/mol. The van der Waals surface area contributed by atoms with Gasteiger partial charge in [0.1, 0.15) is 23.3 Å². The summed E-state index contributed by atoms with van der Waals surface area (Å²) >= 11 is 0. The van der Waals surface area contributed by atoms with Crippen LogP contribution < -0.4 is 14.9 Å². The van der Waals surface area contributed by atoms with Crippen molar-refractivity contribution in [2.75, 3.05) is 6.61 Å². The first-order valence-corrected chi connectivity index (χ1v) is 8.99. The lowest BCUT2D eigenvalue weighted by Gasteiger charge is -2.23. The van der Waals surface area contributed by atoms with Gasteiger partial charge in [0.05, 0.1) is 5.39 Å². The molecule has 1 N–H and O–H groups in total. The number of hydrogen-bond acceptors (Lipinski definition) is 5. The number of rotatable bonds is 7. The van der Waals surface area contributed by atoms with Crippen LogP contribution in [0.2, 0.25) is 0 Å². The molecule has 0 amide bonds. The van der Waals surface area contributed by atoms with E-state index in [9.17, 15) is 9.59 Å². The molecule has 1 aromatic heterocycles. The van der Waals surface area contributed by atoms with Crippen LogP contribution in [0, 0.1) is 0 Å². The SMILES string of the molecule is CCC(C)(C)c1ccc(Oc2coc3cc(OCC(=O)O)ccc3c2=O)cc1. The van der Waals surface area contributed by atoms with Gasteiger partial charge in [0.15, 0.2) is 6.61 Å². The van der Waals surface area contributed by atoms with Crippen molar-refractivity contribution in [2.45, 2.75) is 32.6 Å². The number of carboxylic acids is 1. The molecule has 0 unspecified atom stereocenters. The van der Waals surface area contributed by atoms with Crippen LogP contribution in [-0.4, -0.2) is 17.7 Å². The fourth-order valence-corrected chi connectivity index (χ4v) is 2.70. The zero-order valence-corrected chi connectivity index (χ0v) is 16.0. The van der Waals surface area contributed by atoms with Crippen LogP contribution in [0.5, 0.6) is 17.2 Å². The van der Waals surface area contributed by atoms with Gasteiger partial charge in [-0.2, -0.15) is 0 Å². The zero-order valence-electron chi connectivity index (χ0n) is 16.0. The summed E-state index contributed by atoms with van der Waals surface area (Å²) < 4.78 is 16.3. The molecule has 146 valence electrons. The summed E-state index contributed by atoms with van der Waals surface area (Å²) in [5.74, 6) is -0.155. The molecular formula is C22H22O6. The first-order valence-electron chi connectivity index (χ1n) is 8.99. The van der Waals surface area contributed by atoms with Gasteiger partial charge in [-0.3, -0.25) is 4.79 Å². The second kappa shape index (κ2) is 7.76. The quantitative estimate of drug-likeness (QED) is 0.635. The highest BCUT2D eigenvalue weighted by Gasteiger charge is 2.18. The third-order valence-corrected chi connectivity index (χ3v) is 4.82. The van der Waals surface area contributed by atoms with Crippen LogP contribution >= 0.6 is 0 Å². The van der Waals surface area contributed by atoms with E-state index in [1.54, 1.807) is 0 Å². The Labute approximate surface area is 162 Å². The standard InChI is InChI=1S/C22H22O6/c1-4-22(2,3)14-5-7-15(8-6-14)28-19-12-27-18-11-16(26-13-20(23)24)9-10-17(18)21(19)25/h5-12H,4,13H2,1-3H3,(H,23,24). The van der Waals surface area contributed by atoms with Crippen molar-refractivity contribution < 1.29 is 23.8 Å². The molecule has 3 rings (SSSR count). The molecule has 1 heterocycles. The highest BCUT2D eigenvalue weighted by Crippen LogP contribution is 2.29. The van der Waals surface area contributed by atoms with Gasteiger partial charge in [0.2, 0.25) is 11.2 Å². The van der Waals surface area contributed by atoms with Gasteiger partial charge in [0, 0.05) is 6.07 Å². The molecule has 6 heteroatoms. The molecule has 0 fully saturated rings. The first-order chi connectivity index (χ1) is 13.3. The van der Waals surface area contributed by atoms with Gasteiger partial charge in [-0.15, -0.1) is 0 Å². The molecule has 28 heavy (non-hydrogen) atoms. The largest absolute Gasteiger partial charge is 0.482 e. The van der Waals surface area contributed by atoms with Crippen LogP contribution in [0.4, 0.5) is 0 Å². The van der Waals surface area contributed by atoms with E-state index < -0.39 is 12.6 Å². The summed E-state index contributed by atoms with van der Waals surface area (Å²) in [7, 11) is 0. The van der Waals surface area contributed by atoms with Gasteiger partial charge in [-0.05, 0) is 41.7 Å². The van der Waals surface area contributed by atoms with Gasteiger partial charge in [0.25, 0.3) is 0 Å². The average Bonchev–Trinajstić information content (AvgIpc) is 2.69. The Bertz CT molecular complexity index is 1050. The Balaban J connectivity index is 1.84. The van der Waals surface area contributed by atoms with E-state index in [1.165, 1.54) is 30.0 Å². The Hall–Kier alpha value is -3.28. The van der Waals surface area contributed by atoms with Gasteiger partial charge in [-0.1, -0.05) is 32.9 Å². The Morgan fingerprint density at radius 2 is 1.79 bits per heavy atom. The summed E-state index contributed by atoms with van der Waals surface area (Å²) in [4.78, 5) is 23.2. The van der Waals surface area contributed by atoms with Crippen molar-refractivity contribution in [3.8, 4) is 17.2 Å². The number of ether oxygens (including phenoxy) is 2. The highest BCUT2D eigenvalue weighted by molar-refractivity contribution is 5.79. The van der Waals surface area contributed by atoms with E-state index in [2.05, 4.69) is 20.8 Å². The van der Waals surface area contributed by atoms with Gasteiger partial charge < -0.3 is 19.0 Å². The second-order valence-corrected chi connectivity index (χ2v) is 7.13. The maximum atomic E-state index is 12.7. The third-order valence-electron chi connectivity index (χ3n) is 4.82. The summed E-state index contributed by atoms with van der Waals surface area (Å²) in [6.07, 6.45) is 2.26. The molecule has 0 radical (unpaired) electrons. The van der Waals surface area contributed by atoms with Crippen molar-refractivity contribution in [3.63, 3.8) is 0 Å². The zero-order chi connectivity index (χ0) is 20.3. The maximum absolute atomic E-state index is 12.7. The Morgan fingerprint density at radius 3 is 2.43 bits per heavy atom. The lowest BCUT2D eigenvalue weighted by atomic mass is 9.82. The number of carbonyl (C=O) groups is 1. The van der Waals surface area contributed by atoms with Crippen LogP contribution in [0.15, 0.2) is 57.9 Å². The number of hydrogen-bond donors (Lipinski definition) is 1. The van der Waals surface area contributed by atoms with Crippen LogP contribution in [0.25, 0.3) is 11.0 Å². The summed E-state index contributed by atoms with van der Waals surface area (Å²) in [6.45, 7) is 6.02. The van der Waals surface area contributed by atoms with E-state index >= 15 is 0 Å². The van der Waals surface area contributed by atoms with E-state index in [4.69, 9.17) is 19.0 Å². The van der Waals surface area contributed by atoms with Gasteiger partial charge in [-0.25, -0.2) is 4.79 Å². The van der Waals surface area contributed by atoms with Crippen molar-refractivity contribution in [1.29, 1.82) is 0 Å². The van der Waals surface area contributed by atoms with Crippen LogP contribution in [0.3, 0.4) is 0 Å². The Morgan fingerprint density at radius 1 is 1.11 bits per heavy atom. The molecule has 0 aliphatic heterocycles. The van der Waals surface area contributed by atoms with Crippen LogP contribution in [0.1, 0.15) is 32.8 Å². The third kappa shape index (κ3) is 4.17. The summed E-state index contributed by atoms with van der Waals surface area (Å²) in [5.41, 5.74) is 1.24. The molecule has 0 atom stereocenters. The fourth-order valence-electron chi connectivity index (χ4n) is 2.70. The number of carboxylic acid groups (broad SMARTS) is 1. The van der Waals surface area contributed by atoms with Crippen LogP contribution in [-0.2, 0) is 10.2 Å². The first kappa shape index (κ1) is 19.5. The molecule has 0 saturated carbocycles. The minimum absolute atomic E-state index is 0.0704. The fraction of sp³-hybridized carbons (Fsp3) is 0.273. The molecule has 0 aliphatic carbocycles. The predicted molar refractivity (Wildman–Crippen MR) is 105 cm³/mol. The highest BCUT2D eigenvalue weighted by atomic mass is 16.5. The summed E-state index contributed by atoms with van der Waals surface area (Å²) in [5, 5.41) is 8.99. The van der Waals surface area contributed by atoms with Crippen molar-refractivity contribution in [3.05, 3.63) is 64.5 Å². The van der Waals surface area contributed by atoms with Gasteiger partial charge >= 0.3 is 5.97 Å². The van der Waals surface area contributed by atoms with E-state index in [0.717, 1.165) is 6.42 Å². The Kier molecular flexibility index (Phi) is 5.40. The average molecular weight is 382 g/mol. The lowest BCUT2D eigenvalue weighted by Crippen LogP contribution is -2.15. The number of benzene rings is 2. The topological polar surface area (TPSA) is 86.0 Å². The normalized spacial score (nSPS) is 11.4. The molecule has 0 aliphatic rings. The molecule has 0 saturated heterocycles. The van der Waals surface area contributed by atoms with Crippen molar-refractivity contribution in [1.82, 2.24) is 0 Å². The lowest BCUT2D eigenvalue weighted by molar-refractivity contribution is -0.139. The molecule has 3 aromatic rings. The van der Waals surface area contributed by atoms with E-state index in [-0.39, 0.29) is 16.6 Å². The van der Waals surface area contributed by atoms with E-state index in [1.807, 2.05) is 24.3 Å².